The first-order valence-electron chi connectivity index (χ1n) is 8.11. The Morgan fingerprint density at radius 3 is 1.58 bits per heavy atom. The van der Waals surface area contributed by atoms with E-state index in [1.165, 1.54) is 7.11 Å². The molecule has 152 valence electrons. The van der Waals surface area contributed by atoms with Gasteiger partial charge in [0.2, 0.25) is 5.91 Å². The third kappa shape index (κ3) is 27.3. The van der Waals surface area contributed by atoms with E-state index in [1.54, 1.807) is 6.92 Å². The molecule has 10 heteroatoms. The van der Waals surface area contributed by atoms with Crippen molar-refractivity contribution in [3.05, 3.63) is 0 Å². The largest absolute Gasteiger partial charge is 0.481 e. The molecule has 0 aliphatic rings. The van der Waals surface area contributed by atoms with Gasteiger partial charge in [-0.1, -0.05) is 44.3 Å². The SMILES string of the molecule is CC.CCC(N)=O.COC(=O)CCSC(=O)CCC(=O)SCCC(=O)O. The zero-order chi connectivity index (χ0) is 21.0. The number of primary amides is 1. The predicted molar refractivity (Wildman–Crippen MR) is 104 cm³/mol. The Hall–Kier alpha value is -1.55. The highest BCUT2D eigenvalue weighted by Gasteiger charge is 2.10. The highest BCUT2D eigenvalue weighted by atomic mass is 32.2. The smallest absolute Gasteiger partial charge is 0.306 e. The average molecular weight is 412 g/mol. The van der Waals surface area contributed by atoms with E-state index in [2.05, 4.69) is 10.5 Å². The van der Waals surface area contributed by atoms with E-state index in [-0.39, 0.29) is 53.5 Å². The van der Waals surface area contributed by atoms with Crippen molar-refractivity contribution >= 4 is 51.6 Å². The van der Waals surface area contributed by atoms with Crippen LogP contribution in [0, 0.1) is 0 Å². The van der Waals surface area contributed by atoms with Crippen LogP contribution in [0.3, 0.4) is 0 Å². The summed E-state index contributed by atoms with van der Waals surface area (Å²) in [6, 6.07) is 0. The van der Waals surface area contributed by atoms with Gasteiger partial charge >= 0.3 is 11.9 Å². The average Bonchev–Trinajstić information content (AvgIpc) is 2.61. The minimum Gasteiger partial charge on any atom is -0.481 e. The second-order valence-electron chi connectivity index (χ2n) is 4.23. The third-order valence-corrected chi connectivity index (χ3v) is 4.13. The Bertz CT molecular complexity index is 442. The van der Waals surface area contributed by atoms with Gasteiger partial charge in [0.15, 0.2) is 10.2 Å². The van der Waals surface area contributed by atoms with Crippen LogP contribution in [0.15, 0.2) is 0 Å². The number of amides is 1. The molecule has 0 aromatic heterocycles. The molecule has 0 saturated carbocycles. The molecule has 0 atom stereocenters. The molecule has 0 saturated heterocycles. The molecule has 0 bridgehead atoms. The van der Waals surface area contributed by atoms with Crippen molar-refractivity contribution in [2.75, 3.05) is 18.6 Å². The molecule has 26 heavy (non-hydrogen) atoms. The van der Waals surface area contributed by atoms with Crippen LogP contribution in [-0.2, 0) is 28.7 Å². The molecular formula is C16H29NO7S2. The standard InChI is InChI=1S/C11H16O6S2.C3H7NO.C2H6/c1-17-9(14)5-7-19-11(16)3-2-10(15)18-6-4-8(12)13;1-2-3(4)5;1-2/h2-7H2,1H3,(H,12,13);2H2,1H3,(H2,4,5);1-2H3. The quantitative estimate of drug-likeness (QED) is 0.517. The van der Waals surface area contributed by atoms with Gasteiger partial charge in [-0.2, -0.15) is 0 Å². The maximum absolute atomic E-state index is 11.4. The first-order chi connectivity index (χ1) is 12.2. The van der Waals surface area contributed by atoms with Gasteiger partial charge in [-0.25, -0.2) is 0 Å². The number of rotatable bonds is 10. The summed E-state index contributed by atoms with van der Waals surface area (Å²) < 4.78 is 4.42. The minimum atomic E-state index is -0.949. The summed E-state index contributed by atoms with van der Waals surface area (Å²) in [6.07, 6.45) is 0.728. The molecule has 8 nitrogen and oxygen atoms in total. The van der Waals surface area contributed by atoms with Gasteiger partial charge in [0, 0.05) is 30.8 Å². The van der Waals surface area contributed by atoms with Gasteiger partial charge in [-0.15, -0.1) is 0 Å². The van der Waals surface area contributed by atoms with Crippen LogP contribution in [0.2, 0.25) is 0 Å². The van der Waals surface area contributed by atoms with Crippen LogP contribution in [0.4, 0.5) is 0 Å². The lowest BCUT2D eigenvalue weighted by molar-refractivity contribution is -0.140. The molecule has 0 fully saturated rings. The van der Waals surface area contributed by atoms with E-state index in [9.17, 15) is 24.0 Å². The van der Waals surface area contributed by atoms with Crippen molar-refractivity contribution in [1.29, 1.82) is 0 Å². The second-order valence-corrected chi connectivity index (χ2v) is 6.54. The number of hydrogen-bond donors (Lipinski definition) is 2. The van der Waals surface area contributed by atoms with Crippen LogP contribution >= 0.6 is 23.5 Å². The lowest BCUT2D eigenvalue weighted by Crippen LogP contribution is -2.06. The van der Waals surface area contributed by atoms with E-state index >= 15 is 0 Å². The predicted octanol–water partition coefficient (Wildman–Crippen LogP) is 2.23. The molecule has 0 aromatic rings. The first-order valence-corrected chi connectivity index (χ1v) is 10.1. The molecule has 1 amide bonds. The number of ether oxygens (including phenoxy) is 1. The summed E-state index contributed by atoms with van der Waals surface area (Å²) in [5, 5.41) is 8.04. The van der Waals surface area contributed by atoms with Crippen LogP contribution in [0.25, 0.3) is 0 Å². The molecule has 3 N–H and O–H groups in total. The normalized spacial score (nSPS) is 8.92. The molecule has 0 unspecified atom stereocenters. The molecule has 0 aliphatic carbocycles. The van der Waals surface area contributed by atoms with Crippen LogP contribution in [0.5, 0.6) is 0 Å². The van der Waals surface area contributed by atoms with Crippen molar-refractivity contribution in [2.24, 2.45) is 5.73 Å². The van der Waals surface area contributed by atoms with Crippen molar-refractivity contribution in [2.45, 2.75) is 52.9 Å². The van der Waals surface area contributed by atoms with Gasteiger partial charge in [0.1, 0.15) is 0 Å². The number of carboxylic acid groups (broad SMARTS) is 1. The number of aliphatic carboxylic acids is 1. The van der Waals surface area contributed by atoms with Crippen molar-refractivity contribution < 1.29 is 33.8 Å². The summed E-state index contributed by atoms with van der Waals surface area (Å²) in [5.41, 5.74) is 4.65. The molecular weight excluding hydrogens is 382 g/mol. The molecule has 0 aliphatic heterocycles. The van der Waals surface area contributed by atoms with E-state index in [1.807, 2.05) is 13.8 Å². The van der Waals surface area contributed by atoms with Gasteiger partial charge in [0.25, 0.3) is 0 Å². The number of methoxy groups -OCH3 is 1. The highest BCUT2D eigenvalue weighted by molar-refractivity contribution is 8.14. The monoisotopic (exact) mass is 411 g/mol. The van der Waals surface area contributed by atoms with Crippen LogP contribution in [0.1, 0.15) is 52.9 Å². The lowest BCUT2D eigenvalue weighted by atomic mass is 10.4. The Morgan fingerprint density at radius 2 is 1.27 bits per heavy atom. The lowest BCUT2D eigenvalue weighted by Gasteiger charge is -2.00. The molecule has 0 heterocycles. The number of carbonyl (C=O) groups is 5. The maximum Gasteiger partial charge on any atom is 0.306 e. The second kappa shape index (κ2) is 21.5. The zero-order valence-electron chi connectivity index (χ0n) is 15.7. The summed E-state index contributed by atoms with van der Waals surface area (Å²) in [4.78, 5) is 53.2. The topological polar surface area (TPSA) is 141 Å². The Labute approximate surface area is 163 Å². The number of thioether (sulfide) groups is 2. The van der Waals surface area contributed by atoms with Crippen molar-refractivity contribution in [3.8, 4) is 0 Å². The van der Waals surface area contributed by atoms with Gasteiger partial charge in [0.05, 0.1) is 20.0 Å². The first kappa shape index (κ1) is 29.2. The van der Waals surface area contributed by atoms with E-state index < -0.39 is 5.97 Å². The Morgan fingerprint density at radius 1 is 0.885 bits per heavy atom. The van der Waals surface area contributed by atoms with E-state index in [0.29, 0.717) is 12.2 Å². The van der Waals surface area contributed by atoms with Crippen molar-refractivity contribution in [3.63, 3.8) is 0 Å². The van der Waals surface area contributed by atoms with E-state index in [0.717, 1.165) is 23.5 Å². The fourth-order valence-electron chi connectivity index (χ4n) is 0.951. The van der Waals surface area contributed by atoms with Crippen LogP contribution in [-0.4, -0.2) is 51.8 Å². The molecule has 0 aromatic carbocycles. The Kier molecular flexibility index (Phi) is 24.2. The maximum atomic E-state index is 11.4. The number of carbonyl (C=O) groups excluding carboxylic acids is 4. The summed E-state index contributed by atoms with van der Waals surface area (Å²) in [5.74, 6) is -1.01. The zero-order valence-corrected chi connectivity index (χ0v) is 17.4. The van der Waals surface area contributed by atoms with E-state index in [4.69, 9.17) is 5.11 Å². The number of hydrogen-bond acceptors (Lipinski definition) is 8. The highest BCUT2D eigenvalue weighted by Crippen LogP contribution is 2.14. The number of nitrogens with two attached hydrogens (primary N) is 1. The summed E-state index contributed by atoms with van der Waals surface area (Å²) >= 11 is 1.92. The molecule has 0 spiro atoms. The third-order valence-electron chi connectivity index (χ3n) is 2.26. The molecule has 0 rings (SSSR count). The summed E-state index contributed by atoms with van der Waals surface area (Å²) in [6.45, 7) is 5.72. The Balaban J connectivity index is -0.000000645. The molecule has 0 radical (unpaired) electrons. The van der Waals surface area contributed by atoms with Gasteiger partial charge < -0.3 is 15.6 Å². The summed E-state index contributed by atoms with van der Waals surface area (Å²) in [7, 11) is 1.28. The minimum absolute atomic E-state index is 0.0712. The van der Waals surface area contributed by atoms with Crippen molar-refractivity contribution in [1.82, 2.24) is 0 Å². The van der Waals surface area contributed by atoms with Crippen LogP contribution < -0.4 is 5.73 Å². The fraction of sp³-hybridized carbons (Fsp3) is 0.688. The van der Waals surface area contributed by atoms with Gasteiger partial charge in [-0.3, -0.25) is 24.0 Å². The number of esters is 1. The van der Waals surface area contributed by atoms with Gasteiger partial charge in [-0.05, 0) is 0 Å². The fourth-order valence-corrected chi connectivity index (χ4v) is 2.44. The number of carboxylic acids is 1.